The molecule has 8 heteroatoms. The fourth-order valence-electron chi connectivity index (χ4n) is 2.52. The zero-order valence-corrected chi connectivity index (χ0v) is 13.7. The third-order valence-electron chi connectivity index (χ3n) is 4.07. The Morgan fingerprint density at radius 2 is 1.91 bits per heavy atom. The number of halogens is 1. The smallest absolute Gasteiger partial charge is 0.246 e. The van der Waals surface area contributed by atoms with E-state index in [0.29, 0.717) is 19.5 Å². The third-order valence-corrected chi connectivity index (χ3v) is 5.93. The van der Waals surface area contributed by atoms with Crippen LogP contribution >= 0.6 is 0 Å². The summed E-state index contributed by atoms with van der Waals surface area (Å²) in [6.45, 7) is 2.91. The number of hydrogen-bond acceptors (Lipinski definition) is 5. The minimum absolute atomic E-state index is 0.146. The molecule has 1 aliphatic heterocycles. The van der Waals surface area contributed by atoms with Crippen LogP contribution in [0.2, 0.25) is 0 Å². The lowest BCUT2D eigenvalue weighted by atomic mass is 9.90. The van der Waals surface area contributed by atoms with Crippen molar-refractivity contribution in [2.24, 2.45) is 11.1 Å². The van der Waals surface area contributed by atoms with Gasteiger partial charge in [-0.15, -0.1) is 0 Å². The quantitative estimate of drug-likeness (QED) is 0.876. The molecule has 0 aromatic heterocycles. The van der Waals surface area contributed by atoms with Gasteiger partial charge in [-0.05, 0) is 18.4 Å². The predicted octanol–water partition coefficient (Wildman–Crippen LogP) is 1.20. The minimum atomic E-state index is -3.94. The molecule has 1 atom stereocenters. The number of rotatable bonds is 5. The van der Waals surface area contributed by atoms with Gasteiger partial charge in [-0.3, -0.25) is 0 Å². The van der Waals surface area contributed by atoms with Gasteiger partial charge in [0, 0.05) is 25.2 Å². The highest BCUT2D eigenvalue weighted by molar-refractivity contribution is 7.89. The Morgan fingerprint density at radius 3 is 2.41 bits per heavy atom. The first kappa shape index (κ1) is 17.0. The van der Waals surface area contributed by atoms with Crippen LogP contribution < -0.4 is 15.2 Å². The normalized spacial score (nSPS) is 22.8. The summed E-state index contributed by atoms with van der Waals surface area (Å²) in [4.78, 5) is -0.411. The molecule has 0 aliphatic carbocycles. The molecule has 1 heterocycles. The molecule has 1 aliphatic rings. The van der Waals surface area contributed by atoms with E-state index in [1.807, 2.05) is 6.92 Å². The fraction of sp³-hybridized carbons (Fsp3) is 0.571. The van der Waals surface area contributed by atoms with E-state index in [1.165, 1.54) is 18.5 Å². The second-order valence-corrected chi connectivity index (χ2v) is 7.65. The van der Waals surface area contributed by atoms with Crippen LogP contribution in [-0.2, 0) is 10.0 Å². The van der Waals surface area contributed by atoms with Gasteiger partial charge in [0.1, 0.15) is 10.7 Å². The molecule has 1 fully saturated rings. The summed E-state index contributed by atoms with van der Waals surface area (Å²) in [5.74, 6) is -0.547. The van der Waals surface area contributed by atoms with Gasteiger partial charge in [-0.1, -0.05) is 6.92 Å². The molecular weight excluding hydrogens is 311 g/mol. The average Bonchev–Trinajstić information content (AvgIpc) is 2.90. The lowest BCUT2D eigenvalue weighted by Gasteiger charge is -2.22. The van der Waals surface area contributed by atoms with Crippen LogP contribution in [0.4, 0.5) is 4.39 Å². The van der Waals surface area contributed by atoms with E-state index in [0.717, 1.165) is 12.1 Å². The van der Waals surface area contributed by atoms with E-state index in [-0.39, 0.29) is 23.5 Å². The number of hydrogen-bond donors (Lipinski definition) is 1. The maximum atomic E-state index is 14.2. The largest absolute Gasteiger partial charge is 0.493 e. The molecule has 1 saturated heterocycles. The molecule has 0 radical (unpaired) electrons. The second-order valence-electron chi connectivity index (χ2n) is 5.74. The molecule has 1 aromatic carbocycles. The topological polar surface area (TPSA) is 81.9 Å². The van der Waals surface area contributed by atoms with Gasteiger partial charge in [0.2, 0.25) is 10.0 Å². The first-order valence-electron chi connectivity index (χ1n) is 6.89. The Morgan fingerprint density at radius 1 is 1.32 bits per heavy atom. The average molecular weight is 332 g/mol. The van der Waals surface area contributed by atoms with Gasteiger partial charge < -0.3 is 15.2 Å². The van der Waals surface area contributed by atoms with E-state index in [1.54, 1.807) is 0 Å². The first-order valence-corrected chi connectivity index (χ1v) is 8.33. The Kier molecular flexibility index (Phi) is 4.65. The van der Waals surface area contributed by atoms with Crippen LogP contribution in [0, 0.1) is 11.2 Å². The zero-order valence-electron chi connectivity index (χ0n) is 12.9. The second kappa shape index (κ2) is 6.02. The molecule has 6 nitrogen and oxygen atoms in total. The number of nitrogens with two attached hydrogens (primary N) is 1. The van der Waals surface area contributed by atoms with Gasteiger partial charge in [-0.25, -0.2) is 12.8 Å². The summed E-state index contributed by atoms with van der Waals surface area (Å²) in [6, 6.07) is 2.17. The third kappa shape index (κ3) is 2.90. The molecule has 0 spiro atoms. The van der Waals surface area contributed by atoms with Crippen molar-refractivity contribution in [1.29, 1.82) is 0 Å². The standard InChI is InChI=1S/C14H21FN2O4S/c1-14(8-16)4-5-17(9-14)22(18,19)13-7-12(21-3)11(20-2)6-10(13)15/h6-7H,4-5,8-9,16H2,1-3H3. The highest BCUT2D eigenvalue weighted by Gasteiger charge is 2.40. The van der Waals surface area contributed by atoms with Gasteiger partial charge >= 0.3 is 0 Å². The van der Waals surface area contributed by atoms with Crippen LogP contribution in [0.15, 0.2) is 17.0 Å². The highest BCUT2D eigenvalue weighted by Crippen LogP contribution is 2.36. The molecule has 1 aromatic rings. The van der Waals surface area contributed by atoms with Crippen LogP contribution in [0.5, 0.6) is 11.5 Å². The molecule has 0 saturated carbocycles. The molecule has 22 heavy (non-hydrogen) atoms. The zero-order chi connectivity index (χ0) is 16.5. The number of benzene rings is 1. The lowest BCUT2D eigenvalue weighted by molar-refractivity contribution is 0.345. The van der Waals surface area contributed by atoms with E-state index >= 15 is 0 Å². The monoisotopic (exact) mass is 332 g/mol. The van der Waals surface area contributed by atoms with Crippen LogP contribution in [0.25, 0.3) is 0 Å². The van der Waals surface area contributed by atoms with E-state index in [9.17, 15) is 12.8 Å². The maximum Gasteiger partial charge on any atom is 0.246 e. The Hall–Kier alpha value is -1.38. The van der Waals surface area contributed by atoms with Crippen molar-refractivity contribution in [2.75, 3.05) is 33.9 Å². The van der Waals surface area contributed by atoms with Crippen LogP contribution in [0.1, 0.15) is 13.3 Å². The summed E-state index contributed by atoms with van der Waals surface area (Å²) in [5.41, 5.74) is 5.42. The van der Waals surface area contributed by atoms with E-state index < -0.39 is 20.7 Å². The van der Waals surface area contributed by atoms with Crippen molar-refractivity contribution in [1.82, 2.24) is 4.31 Å². The summed E-state index contributed by atoms with van der Waals surface area (Å²) in [6.07, 6.45) is 0.650. The number of methoxy groups -OCH3 is 2. The van der Waals surface area contributed by atoms with Crippen molar-refractivity contribution >= 4 is 10.0 Å². The van der Waals surface area contributed by atoms with Gasteiger partial charge in [-0.2, -0.15) is 4.31 Å². The Bertz CT molecular complexity index is 665. The molecule has 2 rings (SSSR count). The van der Waals surface area contributed by atoms with Crippen molar-refractivity contribution in [3.8, 4) is 11.5 Å². The van der Waals surface area contributed by atoms with E-state index in [2.05, 4.69) is 0 Å². The predicted molar refractivity (Wildman–Crippen MR) is 80.0 cm³/mol. The van der Waals surface area contributed by atoms with Crippen LogP contribution in [0.3, 0.4) is 0 Å². The first-order chi connectivity index (χ1) is 10.3. The Labute approximate surface area is 130 Å². The molecule has 1 unspecified atom stereocenters. The van der Waals surface area contributed by atoms with Crippen molar-refractivity contribution < 1.29 is 22.3 Å². The highest BCUT2D eigenvalue weighted by atomic mass is 32.2. The van der Waals surface area contributed by atoms with Gasteiger partial charge in [0.15, 0.2) is 11.5 Å². The van der Waals surface area contributed by atoms with Crippen LogP contribution in [-0.4, -0.2) is 46.6 Å². The molecule has 0 amide bonds. The summed E-state index contributed by atoms with van der Waals surface area (Å²) in [7, 11) is -1.21. The van der Waals surface area contributed by atoms with Gasteiger partial charge in [0.25, 0.3) is 0 Å². The number of nitrogens with zero attached hydrogens (tertiary/aromatic N) is 1. The molecule has 124 valence electrons. The van der Waals surface area contributed by atoms with Gasteiger partial charge in [0.05, 0.1) is 14.2 Å². The number of ether oxygens (including phenoxy) is 2. The maximum absolute atomic E-state index is 14.2. The van der Waals surface area contributed by atoms with E-state index in [4.69, 9.17) is 15.2 Å². The summed E-state index contributed by atoms with van der Waals surface area (Å²) >= 11 is 0. The molecular formula is C14H21FN2O4S. The van der Waals surface area contributed by atoms with Crippen molar-refractivity contribution in [3.63, 3.8) is 0 Å². The van der Waals surface area contributed by atoms with Crippen molar-refractivity contribution in [2.45, 2.75) is 18.2 Å². The lowest BCUT2D eigenvalue weighted by Crippen LogP contribution is -2.34. The van der Waals surface area contributed by atoms with Crippen molar-refractivity contribution in [3.05, 3.63) is 17.9 Å². The minimum Gasteiger partial charge on any atom is -0.493 e. The summed E-state index contributed by atoms with van der Waals surface area (Å²) in [5, 5.41) is 0. The molecule has 0 bridgehead atoms. The fourth-order valence-corrected chi connectivity index (χ4v) is 4.18. The SMILES string of the molecule is COc1cc(F)c(S(=O)(=O)N2CCC(C)(CN)C2)cc1OC. The number of sulfonamides is 1. The Balaban J connectivity index is 2.42. The summed E-state index contributed by atoms with van der Waals surface area (Å²) < 4.78 is 50.9. The molecule has 2 N–H and O–H groups in total.